The highest BCUT2D eigenvalue weighted by atomic mass is 32.1. The van der Waals surface area contributed by atoms with E-state index in [-0.39, 0.29) is 0 Å². The first-order valence-electron chi connectivity index (χ1n) is 10.3. The van der Waals surface area contributed by atoms with Crippen molar-refractivity contribution in [1.29, 1.82) is 0 Å². The molecule has 0 radical (unpaired) electrons. The van der Waals surface area contributed by atoms with Gasteiger partial charge in [0.2, 0.25) is 5.89 Å². The fourth-order valence-electron chi connectivity index (χ4n) is 4.37. The summed E-state index contributed by atoms with van der Waals surface area (Å²) in [6.45, 7) is 4.72. The lowest BCUT2D eigenvalue weighted by atomic mass is 9.88. The van der Waals surface area contributed by atoms with E-state index >= 15 is 0 Å². The molecule has 5 rings (SSSR count). The maximum atomic E-state index is 5.90. The van der Waals surface area contributed by atoms with Crippen LogP contribution in [0.3, 0.4) is 0 Å². The minimum absolute atomic E-state index is 0.575. The summed E-state index contributed by atoms with van der Waals surface area (Å²) in [5, 5.41) is 2.05. The molecule has 2 aliphatic rings. The summed E-state index contributed by atoms with van der Waals surface area (Å²) in [7, 11) is 0. The zero-order chi connectivity index (χ0) is 18.9. The predicted molar refractivity (Wildman–Crippen MR) is 110 cm³/mol. The van der Waals surface area contributed by atoms with Gasteiger partial charge >= 0.3 is 0 Å². The number of aryl methyl sites for hydroxylation is 1. The van der Waals surface area contributed by atoms with E-state index in [9.17, 15) is 0 Å². The number of thiophene rings is 1. The molecule has 1 saturated carbocycles. The topological polar surface area (TPSA) is 55.1 Å². The van der Waals surface area contributed by atoms with Gasteiger partial charge in [-0.2, -0.15) is 0 Å². The first-order valence-corrected chi connectivity index (χ1v) is 11.2. The Balaban J connectivity index is 1.28. The Morgan fingerprint density at radius 1 is 1.21 bits per heavy atom. The number of fused-ring (bicyclic) bond motifs is 1. The normalized spacial score (nSPS) is 18.3. The first-order chi connectivity index (χ1) is 13.8. The van der Waals surface area contributed by atoms with Crippen molar-refractivity contribution >= 4 is 11.3 Å². The molecule has 0 atom stereocenters. The van der Waals surface area contributed by atoms with E-state index < -0.39 is 0 Å². The highest BCUT2D eigenvalue weighted by Crippen LogP contribution is 2.32. The molecular formula is C22H26N4OS. The van der Waals surface area contributed by atoms with Crippen LogP contribution in [-0.4, -0.2) is 26.4 Å². The van der Waals surface area contributed by atoms with Gasteiger partial charge in [0.25, 0.3) is 0 Å². The Hall–Kier alpha value is -2.05. The third-order valence-corrected chi connectivity index (χ3v) is 6.86. The van der Waals surface area contributed by atoms with Crippen LogP contribution < -0.4 is 0 Å². The molecule has 1 fully saturated rings. The molecule has 146 valence electrons. The van der Waals surface area contributed by atoms with Crippen molar-refractivity contribution in [3.8, 4) is 10.8 Å². The lowest BCUT2D eigenvalue weighted by Crippen LogP contribution is -2.31. The summed E-state index contributed by atoms with van der Waals surface area (Å²) in [6.07, 6.45) is 9.59. The molecule has 6 heteroatoms. The van der Waals surface area contributed by atoms with E-state index in [2.05, 4.69) is 22.5 Å². The van der Waals surface area contributed by atoms with Crippen LogP contribution in [0, 0.1) is 6.92 Å². The third-order valence-electron chi connectivity index (χ3n) is 6.00. The zero-order valence-corrected chi connectivity index (χ0v) is 17.2. The van der Waals surface area contributed by atoms with Gasteiger partial charge in [0.15, 0.2) is 0 Å². The van der Waals surface area contributed by atoms with Crippen LogP contribution in [0.1, 0.15) is 66.6 Å². The minimum Gasteiger partial charge on any atom is -0.440 e. The van der Waals surface area contributed by atoms with Crippen molar-refractivity contribution in [3.63, 3.8) is 0 Å². The summed E-state index contributed by atoms with van der Waals surface area (Å²) in [6, 6.07) is 4.08. The number of rotatable bonds is 4. The average molecular weight is 395 g/mol. The lowest BCUT2D eigenvalue weighted by molar-refractivity contribution is 0.238. The lowest BCUT2D eigenvalue weighted by Gasteiger charge is -2.28. The molecular weight excluding hydrogens is 368 g/mol. The van der Waals surface area contributed by atoms with Gasteiger partial charge in [0, 0.05) is 49.4 Å². The summed E-state index contributed by atoms with van der Waals surface area (Å²) in [4.78, 5) is 18.0. The second kappa shape index (κ2) is 7.76. The van der Waals surface area contributed by atoms with Crippen LogP contribution in [0.4, 0.5) is 0 Å². The van der Waals surface area contributed by atoms with Crippen molar-refractivity contribution in [1.82, 2.24) is 19.9 Å². The molecule has 0 amide bonds. The molecule has 28 heavy (non-hydrogen) atoms. The maximum Gasteiger partial charge on any atom is 0.236 e. The summed E-state index contributed by atoms with van der Waals surface area (Å²) in [5.74, 6) is 3.31. The van der Waals surface area contributed by atoms with Crippen molar-refractivity contribution in [2.45, 2.75) is 64.5 Å². The maximum absolute atomic E-state index is 5.90. The second-order valence-corrected chi connectivity index (χ2v) is 8.94. The van der Waals surface area contributed by atoms with Gasteiger partial charge in [-0.25, -0.2) is 15.0 Å². The van der Waals surface area contributed by atoms with Crippen LogP contribution in [-0.2, 0) is 19.5 Å². The van der Waals surface area contributed by atoms with Gasteiger partial charge < -0.3 is 4.42 Å². The molecule has 1 aliphatic carbocycles. The van der Waals surface area contributed by atoms with Crippen LogP contribution in [0.5, 0.6) is 0 Å². The number of hydrogen-bond acceptors (Lipinski definition) is 6. The van der Waals surface area contributed by atoms with E-state index in [1.807, 2.05) is 13.0 Å². The largest absolute Gasteiger partial charge is 0.440 e. The van der Waals surface area contributed by atoms with E-state index in [0.717, 1.165) is 54.1 Å². The molecule has 0 N–H and O–H groups in total. The Bertz CT molecular complexity index is 944. The van der Waals surface area contributed by atoms with Crippen molar-refractivity contribution in [2.75, 3.05) is 6.54 Å². The molecule has 0 unspecified atom stereocenters. The highest BCUT2D eigenvalue weighted by molar-refractivity contribution is 7.13. The Morgan fingerprint density at radius 3 is 2.93 bits per heavy atom. The Morgan fingerprint density at radius 2 is 2.11 bits per heavy atom. The molecule has 5 nitrogen and oxygen atoms in total. The first kappa shape index (κ1) is 18.0. The van der Waals surface area contributed by atoms with Gasteiger partial charge in [-0.3, -0.25) is 4.90 Å². The fraction of sp³-hybridized carbons (Fsp3) is 0.500. The summed E-state index contributed by atoms with van der Waals surface area (Å²) >= 11 is 1.66. The second-order valence-electron chi connectivity index (χ2n) is 7.99. The Labute approximate surface area is 169 Å². The number of nitrogens with zero attached hydrogens (tertiary/aromatic N) is 4. The third kappa shape index (κ3) is 3.63. The van der Waals surface area contributed by atoms with E-state index in [0.29, 0.717) is 5.92 Å². The van der Waals surface area contributed by atoms with Crippen molar-refractivity contribution in [2.24, 2.45) is 0 Å². The minimum atomic E-state index is 0.575. The molecule has 4 heterocycles. The molecule has 0 aromatic carbocycles. The van der Waals surface area contributed by atoms with Crippen LogP contribution >= 0.6 is 11.3 Å². The fourth-order valence-corrected chi connectivity index (χ4v) is 5.02. The van der Waals surface area contributed by atoms with Crippen LogP contribution in [0.25, 0.3) is 10.8 Å². The van der Waals surface area contributed by atoms with Crippen molar-refractivity contribution in [3.05, 3.63) is 52.2 Å². The molecule has 0 bridgehead atoms. The molecule has 1 aliphatic heterocycles. The Kier molecular flexibility index (Phi) is 4.99. The average Bonchev–Trinajstić information content (AvgIpc) is 3.39. The number of hydrogen-bond donors (Lipinski definition) is 0. The SMILES string of the molecule is Cc1oc(-c2cccs2)nc1CN1CCc2nc(C3CCCCC3)ncc2C1. The predicted octanol–water partition coefficient (Wildman–Crippen LogP) is 5.11. The van der Waals surface area contributed by atoms with E-state index in [1.165, 1.54) is 43.4 Å². The molecule has 0 spiro atoms. The van der Waals surface area contributed by atoms with Gasteiger partial charge in [0.1, 0.15) is 11.6 Å². The monoisotopic (exact) mass is 394 g/mol. The summed E-state index contributed by atoms with van der Waals surface area (Å²) in [5.41, 5.74) is 3.56. The number of aromatic nitrogens is 3. The van der Waals surface area contributed by atoms with E-state index in [4.69, 9.17) is 19.4 Å². The smallest absolute Gasteiger partial charge is 0.236 e. The zero-order valence-electron chi connectivity index (χ0n) is 16.4. The number of oxazole rings is 1. The molecule has 3 aromatic rings. The van der Waals surface area contributed by atoms with Gasteiger partial charge in [-0.15, -0.1) is 11.3 Å². The van der Waals surface area contributed by atoms with Gasteiger partial charge in [-0.1, -0.05) is 25.3 Å². The van der Waals surface area contributed by atoms with Crippen LogP contribution in [0.15, 0.2) is 28.1 Å². The highest BCUT2D eigenvalue weighted by Gasteiger charge is 2.24. The van der Waals surface area contributed by atoms with Crippen molar-refractivity contribution < 1.29 is 4.42 Å². The van der Waals surface area contributed by atoms with Crippen LogP contribution in [0.2, 0.25) is 0 Å². The summed E-state index contributed by atoms with van der Waals surface area (Å²) < 4.78 is 5.90. The standard InChI is InChI=1S/C22H26N4OS/c1-15-19(25-22(27-15)20-8-5-11-28-20)14-26-10-9-18-17(13-26)12-23-21(24-18)16-6-3-2-4-7-16/h5,8,11-12,16H,2-4,6-7,9-10,13-14H2,1H3. The quantitative estimate of drug-likeness (QED) is 0.616. The van der Waals surface area contributed by atoms with Gasteiger partial charge in [-0.05, 0) is 31.2 Å². The van der Waals surface area contributed by atoms with Gasteiger partial charge in [0.05, 0.1) is 10.6 Å². The molecule has 3 aromatic heterocycles. The molecule has 0 saturated heterocycles. The van der Waals surface area contributed by atoms with E-state index in [1.54, 1.807) is 11.3 Å².